The summed E-state index contributed by atoms with van der Waals surface area (Å²) in [5.41, 5.74) is 1.51. The number of nitrogens with zero attached hydrogens (tertiary/aromatic N) is 2. The highest BCUT2D eigenvalue weighted by Crippen LogP contribution is 2.27. The number of hydrogen-bond acceptors (Lipinski definition) is 5. The van der Waals surface area contributed by atoms with Crippen LogP contribution in [0.2, 0.25) is 0 Å². The van der Waals surface area contributed by atoms with Crippen molar-refractivity contribution in [2.75, 3.05) is 50.7 Å². The summed E-state index contributed by atoms with van der Waals surface area (Å²) >= 11 is 0. The molecular weight excluding hydrogens is 451 g/mol. The number of unbranched alkanes of at least 4 members (excludes halogenated alkanes) is 2. The Bertz CT molecular complexity index is 824. The molecule has 0 bridgehead atoms. The van der Waals surface area contributed by atoms with Gasteiger partial charge in [-0.05, 0) is 37.9 Å². The maximum atomic E-state index is 12.5. The number of fused-ring (bicyclic) bond motifs is 1. The number of carbonyl (C=O) groups is 3. The van der Waals surface area contributed by atoms with Crippen molar-refractivity contribution in [3.05, 3.63) is 29.8 Å². The third-order valence-electron chi connectivity index (χ3n) is 6.15. The number of ketones is 1. The number of anilines is 1. The van der Waals surface area contributed by atoms with Gasteiger partial charge < -0.3 is 19.7 Å². The van der Waals surface area contributed by atoms with Crippen molar-refractivity contribution >= 4 is 23.3 Å². The van der Waals surface area contributed by atoms with Gasteiger partial charge in [-0.1, -0.05) is 25.5 Å². The van der Waals surface area contributed by atoms with E-state index in [9.17, 15) is 22.8 Å². The summed E-state index contributed by atoms with van der Waals surface area (Å²) in [5.74, 6) is -2.83. The summed E-state index contributed by atoms with van der Waals surface area (Å²) in [5, 5.41) is 8.78. The molecule has 1 fully saturated rings. The lowest BCUT2D eigenvalue weighted by molar-refractivity contribution is -0.904. The highest BCUT2D eigenvalue weighted by molar-refractivity contribution is 6.10. The maximum Gasteiger partial charge on any atom is 0.430 e. The van der Waals surface area contributed by atoms with Gasteiger partial charge in [0.1, 0.15) is 5.97 Å². The molecule has 0 radical (unpaired) electrons. The van der Waals surface area contributed by atoms with Gasteiger partial charge >= 0.3 is 6.18 Å². The molecule has 0 unspecified atom stereocenters. The first-order valence-corrected chi connectivity index (χ1v) is 11.9. The number of quaternary nitrogens is 1. The SMILES string of the molecule is CCCCN1CC[NH+](CCCCN2C(=O)CCC(=O)c3ccccc32)CC1.O=C([O-])C(F)(F)F. The number of nitrogens with one attached hydrogen (secondary N) is 1. The normalized spacial score (nSPS) is 17.6. The molecule has 1 saturated heterocycles. The van der Waals surface area contributed by atoms with E-state index in [4.69, 9.17) is 9.90 Å². The Balaban J connectivity index is 0.000000509. The Labute approximate surface area is 198 Å². The van der Waals surface area contributed by atoms with E-state index in [1.807, 2.05) is 29.2 Å². The Morgan fingerprint density at radius 2 is 1.68 bits per heavy atom. The van der Waals surface area contributed by atoms with E-state index in [0.717, 1.165) is 25.1 Å². The van der Waals surface area contributed by atoms with Gasteiger partial charge in [-0.25, -0.2) is 0 Å². The first kappa shape index (κ1) is 27.8. The molecule has 0 atom stereocenters. The van der Waals surface area contributed by atoms with Gasteiger partial charge in [-0.3, -0.25) is 14.5 Å². The van der Waals surface area contributed by atoms with Crippen molar-refractivity contribution in [2.24, 2.45) is 0 Å². The smallest absolute Gasteiger partial charge is 0.430 e. The van der Waals surface area contributed by atoms with E-state index in [-0.39, 0.29) is 11.7 Å². The van der Waals surface area contributed by atoms with E-state index in [1.165, 1.54) is 52.1 Å². The van der Waals surface area contributed by atoms with Gasteiger partial charge in [0, 0.05) is 38.0 Å². The number of alkyl halides is 3. The second-order valence-corrected chi connectivity index (χ2v) is 8.67. The molecule has 10 heteroatoms. The predicted molar refractivity (Wildman–Crippen MR) is 120 cm³/mol. The van der Waals surface area contributed by atoms with E-state index >= 15 is 0 Å². The number of carboxylic acids is 1. The molecule has 2 heterocycles. The average molecular weight is 486 g/mol. The molecule has 34 heavy (non-hydrogen) atoms. The molecule has 7 nitrogen and oxygen atoms in total. The Morgan fingerprint density at radius 1 is 1.03 bits per heavy atom. The van der Waals surface area contributed by atoms with Gasteiger partial charge in [0.05, 0.1) is 25.3 Å². The quantitative estimate of drug-likeness (QED) is 0.557. The number of carboxylic acid groups (broad SMARTS) is 1. The minimum Gasteiger partial charge on any atom is -0.542 e. The lowest BCUT2D eigenvalue weighted by Crippen LogP contribution is -3.14. The Morgan fingerprint density at radius 3 is 2.29 bits per heavy atom. The number of carbonyl (C=O) groups excluding carboxylic acids is 3. The first-order valence-electron chi connectivity index (χ1n) is 11.9. The Kier molecular flexibility index (Phi) is 11.0. The van der Waals surface area contributed by atoms with Crippen LogP contribution in [0.1, 0.15) is 55.8 Å². The number of amides is 1. The molecule has 0 aromatic heterocycles. The number of halogens is 3. The first-order chi connectivity index (χ1) is 16.1. The van der Waals surface area contributed by atoms with E-state index in [2.05, 4.69) is 11.8 Å². The molecule has 0 saturated carbocycles. The third kappa shape index (κ3) is 8.72. The Hall–Kier alpha value is -2.46. The standard InChI is InChI=1S/C22H33N3O2.C2HF3O2/c1-2-3-12-23-15-17-24(18-16-23)13-6-7-14-25-20-9-5-4-8-19(20)21(26)10-11-22(25)27;3-2(4,5)1(6)7/h4-5,8-9H,2-3,6-7,10-18H2,1H3;(H,6,7). The van der Waals surface area contributed by atoms with Crippen molar-refractivity contribution in [1.82, 2.24) is 4.90 Å². The van der Waals surface area contributed by atoms with Gasteiger partial charge in [-0.15, -0.1) is 0 Å². The van der Waals surface area contributed by atoms with Gasteiger partial charge in [0.25, 0.3) is 0 Å². The topological polar surface area (TPSA) is 85.2 Å². The van der Waals surface area contributed by atoms with Crippen molar-refractivity contribution in [2.45, 2.75) is 51.6 Å². The summed E-state index contributed by atoms with van der Waals surface area (Å²) in [6.45, 7) is 10.3. The van der Waals surface area contributed by atoms with Crippen LogP contribution in [0.15, 0.2) is 24.3 Å². The number of para-hydroxylation sites is 1. The maximum absolute atomic E-state index is 12.5. The minimum absolute atomic E-state index is 0.0881. The lowest BCUT2D eigenvalue weighted by Gasteiger charge is -2.32. The number of aliphatic carboxylic acids is 1. The van der Waals surface area contributed by atoms with Crippen LogP contribution in [0.4, 0.5) is 18.9 Å². The fourth-order valence-corrected chi connectivity index (χ4v) is 4.18. The summed E-state index contributed by atoms with van der Waals surface area (Å²) < 4.78 is 31.5. The van der Waals surface area contributed by atoms with Crippen molar-refractivity contribution < 1.29 is 37.6 Å². The van der Waals surface area contributed by atoms with E-state index < -0.39 is 12.1 Å². The van der Waals surface area contributed by atoms with Crippen molar-refractivity contribution in [1.29, 1.82) is 0 Å². The van der Waals surface area contributed by atoms with E-state index in [1.54, 1.807) is 4.90 Å². The van der Waals surface area contributed by atoms with Gasteiger partial charge in [0.2, 0.25) is 5.91 Å². The summed E-state index contributed by atoms with van der Waals surface area (Å²) in [6.07, 6.45) is 0.180. The van der Waals surface area contributed by atoms with Crippen LogP contribution in [0.25, 0.3) is 0 Å². The summed E-state index contributed by atoms with van der Waals surface area (Å²) in [4.78, 5) is 39.7. The van der Waals surface area contributed by atoms with Crippen LogP contribution in [0, 0.1) is 0 Å². The van der Waals surface area contributed by atoms with Crippen molar-refractivity contribution in [3.63, 3.8) is 0 Å². The fourth-order valence-electron chi connectivity index (χ4n) is 4.18. The number of rotatable bonds is 8. The molecule has 0 aliphatic carbocycles. The monoisotopic (exact) mass is 485 g/mol. The molecule has 1 aromatic rings. The zero-order chi connectivity index (χ0) is 25.1. The van der Waals surface area contributed by atoms with Crippen LogP contribution in [0.5, 0.6) is 0 Å². The molecule has 2 aliphatic heterocycles. The van der Waals surface area contributed by atoms with Crippen LogP contribution < -0.4 is 14.9 Å². The molecular formula is C24H34F3N3O4. The summed E-state index contributed by atoms with van der Waals surface area (Å²) in [6, 6.07) is 7.57. The molecule has 1 aromatic carbocycles. The minimum atomic E-state index is -5.19. The van der Waals surface area contributed by atoms with Crippen LogP contribution in [0.3, 0.4) is 0 Å². The molecule has 3 rings (SSSR count). The van der Waals surface area contributed by atoms with E-state index in [0.29, 0.717) is 18.4 Å². The molecule has 2 aliphatic rings. The average Bonchev–Trinajstić information content (AvgIpc) is 2.92. The van der Waals surface area contributed by atoms with Crippen LogP contribution >= 0.6 is 0 Å². The third-order valence-corrected chi connectivity index (χ3v) is 6.15. The second-order valence-electron chi connectivity index (χ2n) is 8.67. The van der Waals surface area contributed by atoms with Gasteiger partial charge in [0.15, 0.2) is 5.78 Å². The summed E-state index contributed by atoms with van der Waals surface area (Å²) in [7, 11) is 0. The van der Waals surface area contributed by atoms with Gasteiger partial charge in [-0.2, -0.15) is 13.2 Å². The highest BCUT2D eigenvalue weighted by Gasteiger charge is 2.29. The molecule has 190 valence electrons. The predicted octanol–water partition coefficient (Wildman–Crippen LogP) is 1.08. The van der Waals surface area contributed by atoms with Crippen LogP contribution in [-0.2, 0) is 9.59 Å². The number of Topliss-reactive ketones (excluding diaryl/α,β-unsaturated/α-hetero) is 1. The number of benzene rings is 1. The molecule has 1 N–H and O–H groups in total. The fraction of sp³-hybridized carbons (Fsp3) is 0.625. The highest BCUT2D eigenvalue weighted by atomic mass is 19.4. The van der Waals surface area contributed by atoms with Crippen LogP contribution in [-0.4, -0.2) is 74.5 Å². The number of piperazine rings is 1. The second kappa shape index (κ2) is 13.4. The lowest BCUT2D eigenvalue weighted by atomic mass is 10.1. The largest absolute Gasteiger partial charge is 0.542 e. The number of hydrogen-bond donors (Lipinski definition) is 1. The van der Waals surface area contributed by atoms with Crippen molar-refractivity contribution in [3.8, 4) is 0 Å². The molecule has 1 amide bonds. The zero-order valence-electron chi connectivity index (χ0n) is 19.7. The molecule has 0 spiro atoms. The zero-order valence-corrected chi connectivity index (χ0v) is 19.7.